The number of amidine groups is 1. The third-order valence-electron chi connectivity index (χ3n) is 13.9. The summed E-state index contributed by atoms with van der Waals surface area (Å²) in [5, 5.41) is 32.5. The van der Waals surface area contributed by atoms with Crippen LogP contribution in [-0.4, -0.2) is 80.9 Å². The second kappa shape index (κ2) is 13.6. The molecule has 3 N–H and O–H groups in total. The van der Waals surface area contributed by atoms with Gasteiger partial charge in [-0.1, -0.05) is 13.0 Å². The largest absolute Gasteiger partial charge is 0.465 e. The van der Waals surface area contributed by atoms with Gasteiger partial charge in [0.25, 0.3) is 5.91 Å². The van der Waals surface area contributed by atoms with Crippen LogP contribution < -0.4 is 11.0 Å². The number of rotatable bonds is 6. The number of ether oxygens (including phenoxy) is 1. The number of halogens is 1. The van der Waals surface area contributed by atoms with Gasteiger partial charge in [-0.3, -0.25) is 29.3 Å². The molecule has 316 valence electrons. The number of hydrogen-bond donors (Lipinski definition) is 3. The van der Waals surface area contributed by atoms with Crippen molar-refractivity contribution in [3.8, 4) is 17.2 Å². The van der Waals surface area contributed by atoms with Gasteiger partial charge in [0.2, 0.25) is 0 Å². The van der Waals surface area contributed by atoms with Gasteiger partial charge in [0.05, 0.1) is 34.8 Å². The molecule has 1 saturated heterocycles. The lowest BCUT2D eigenvalue weighted by molar-refractivity contribution is 0.0617. The molecule has 3 atom stereocenters. The maximum Gasteiger partial charge on any atom is 0.410 e. The maximum absolute atomic E-state index is 15.4. The number of carbonyl (C=O) groups excluding carboxylic acids is 1. The van der Waals surface area contributed by atoms with Crippen LogP contribution in [0.15, 0.2) is 71.9 Å². The van der Waals surface area contributed by atoms with Gasteiger partial charge in [-0.25, -0.2) is 18.7 Å². The second-order valence-corrected chi connectivity index (χ2v) is 17.5. The Morgan fingerprint density at radius 2 is 1.73 bits per heavy atom. The molecule has 0 bridgehead atoms. The van der Waals surface area contributed by atoms with Crippen LogP contribution in [0.3, 0.4) is 0 Å². The smallest absolute Gasteiger partial charge is 0.410 e. The van der Waals surface area contributed by atoms with Crippen LogP contribution in [0.5, 0.6) is 0 Å². The molecule has 0 unspecified atom stereocenters. The van der Waals surface area contributed by atoms with Crippen molar-refractivity contribution < 1.29 is 23.8 Å². The van der Waals surface area contributed by atoms with E-state index in [9.17, 15) is 14.7 Å². The highest BCUT2D eigenvalue weighted by atomic mass is 19.1. The van der Waals surface area contributed by atoms with E-state index < -0.39 is 17.7 Å². The molecule has 0 spiro atoms. The highest BCUT2D eigenvalue weighted by molar-refractivity contribution is 6.07. The zero-order valence-corrected chi connectivity index (χ0v) is 34.8. The van der Waals surface area contributed by atoms with E-state index in [1.165, 1.54) is 0 Å². The topological polar surface area (TPSA) is 170 Å². The summed E-state index contributed by atoms with van der Waals surface area (Å²) in [6.45, 7) is 7.07. The number of carboxylic acid groups (broad SMARTS) is 1. The number of nitrogens with one attached hydrogen (secondary N) is 2. The Bertz CT molecular complexity index is 3120. The van der Waals surface area contributed by atoms with Crippen LogP contribution in [0.25, 0.3) is 39.0 Å². The summed E-state index contributed by atoms with van der Waals surface area (Å²) in [7, 11) is 1.87. The zero-order chi connectivity index (χ0) is 42.9. The standard InChI is InChI=1S/C46H45FN10O5/c1-24-17-31(18-25(2)39(24)47)57-41(55-14-13-53(45(55)61)30-6-8-35-29(19-30)23-49-52(35)4)38-34(51-57)9-12-54-37(38)21-33-32-20-28(27-10-15-62-16-11-27)5-7-36(32)56(40(33)42(54)58)46(22-26(46)3)43(48)50-44(59)60/h5-8,13-14,17-20,23,26-27,37H,9-12,15-16,21-22H2,1-4H3,(H2,48,50)(H,59,60)/t26-,37-,46-/m0/s1. The van der Waals surface area contributed by atoms with Crippen LogP contribution >= 0.6 is 0 Å². The molecule has 0 radical (unpaired) electrons. The molecule has 1 aliphatic carbocycles. The predicted molar refractivity (Wildman–Crippen MR) is 229 cm³/mol. The Morgan fingerprint density at radius 3 is 2.45 bits per heavy atom. The SMILES string of the molecule is Cc1cc(-n2nc3c(c2-n2ccn(-c4ccc5c(cnn5C)c4)c2=O)[C@@H]2Cc4c(n([C@@]5(C(=N)NC(=O)O)C[C@@H]5C)c5ccc(C6CCOCC6)cc45)C(=O)N2CC3)cc(C)c1F. The number of amides is 2. The van der Waals surface area contributed by atoms with Crippen LogP contribution in [0, 0.1) is 31.0 Å². The number of fused-ring (bicyclic) bond motifs is 7. The van der Waals surface area contributed by atoms with Crippen LogP contribution in [0.2, 0.25) is 0 Å². The van der Waals surface area contributed by atoms with Gasteiger partial charge >= 0.3 is 11.8 Å². The lowest BCUT2D eigenvalue weighted by Gasteiger charge is -2.40. The van der Waals surface area contributed by atoms with Crippen molar-refractivity contribution >= 4 is 39.6 Å². The number of hydrogen-bond acceptors (Lipinski definition) is 7. The van der Waals surface area contributed by atoms with Gasteiger partial charge in [0.1, 0.15) is 28.7 Å². The predicted octanol–water partition coefficient (Wildman–Crippen LogP) is 6.58. The van der Waals surface area contributed by atoms with Crippen LogP contribution in [0.4, 0.5) is 9.18 Å². The molecule has 62 heavy (non-hydrogen) atoms. The molecular weight excluding hydrogens is 792 g/mol. The second-order valence-electron chi connectivity index (χ2n) is 17.5. The number of benzene rings is 3. The van der Waals surface area contributed by atoms with E-state index in [1.54, 1.807) is 63.1 Å². The van der Waals surface area contributed by atoms with Crippen molar-refractivity contribution in [2.75, 3.05) is 19.8 Å². The van der Waals surface area contributed by atoms with Gasteiger partial charge in [0.15, 0.2) is 0 Å². The summed E-state index contributed by atoms with van der Waals surface area (Å²) < 4.78 is 29.4. The molecule has 2 amide bonds. The number of nitrogens with zero attached hydrogens (tertiary/aromatic N) is 8. The molecule has 3 aliphatic heterocycles. The van der Waals surface area contributed by atoms with Gasteiger partial charge in [-0.15, -0.1) is 0 Å². The first kappa shape index (κ1) is 38.1. The van der Waals surface area contributed by atoms with Crippen molar-refractivity contribution in [1.29, 1.82) is 5.41 Å². The zero-order valence-electron chi connectivity index (χ0n) is 34.8. The van der Waals surface area contributed by atoms with Gasteiger partial charge in [-0.2, -0.15) is 10.2 Å². The lowest BCUT2D eigenvalue weighted by atomic mass is 9.86. The summed E-state index contributed by atoms with van der Waals surface area (Å²) >= 11 is 0. The van der Waals surface area contributed by atoms with E-state index >= 15 is 9.18 Å². The highest BCUT2D eigenvalue weighted by Crippen LogP contribution is 2.55. The Hall–Kier alpha value is -6.81. The van der Waals surface area contributed by atoms with E-state index in [2.05, 4.69) is 22.5 Å². The fraction of sp³-hybridized carbons (Fsp3) is 0.348. The highest BCUT2D eigenvalue weighted by Gasteiger charge is 2.60. The maximum atomic E-state index is 15.4. The minimum atomic E-state index is -1.33. The first-order chi connectivity index (χ1) is 29.8. The molecule has 7 heterocycles. The fourth-order valence-corrected chi connectivity index (χ4v) is 10.7. The molecule has 3 aromatic carbocycles. The first-order valence-corrected chi connectivity index (χ1v) is 21.1. The molecule has 11 rings (SSSR count). The Morgan fingerprint density at radius 1 is 1.00 bits per heavy atom. The van der Waals surface area contributed by atoms with Crippen LogP contribution in [-0.2, 0) is 30.2 Å². The minimum Gasteiger partial charge on any atom is -0.465 e. The molecule has 15 nitrogen and oxygen atoms in total. The number of imidazole rings is 1. The van der Waals surface area contributed by atoms with E-state index in [1.807, 2.05) is 47.7 Å². The molecule has 4 aliphatic rings. The summed E-state index contributed by atoms with van der Waals surface area (Å²) in [6, 6.07) is 15.0. The number of aryl methyl sites for hydroxylation is 3. The molecule has 4 aromatic heterocycles. The van der Waals surface area contributed by atoms with E-state index in [-0.39, 0.29) is 35.1 Å². The molecule has 2 fully saturated rings. The lowest BCUT2D eigenvalue weighted by Crippen LogP contribution is -2.48. The average molecular weight is 837 g/mol. The van der Waals surface area contributed by atoms with Gasteiger partial charge in [-0.05, 0) is 110 Å². The van der Waals surface area contributed by atoms with Crippen molar-refractivity contribution in [3.05, 3.63) is 123 Å². The molecule has 7 aromatic rings. The number of carbonyl (C=O) groups is 2. The third kappa shape index (κ3) is 5.44. The normalized spacial score (nSPS) is 21.0. The van der Waals surface area contributed by atoms with Crippen molar-refractivity contribution in [1.82, 2.24) is 43.5 Å². The Balaban J connectivity index is 1.12. The van der Waals surface area contributed by atoms with Crippen molar-refractivity contribution in [3.63, 3.8) is 0 Å². The summed E-state index contributed by atoms with van der Waals surface area (Å²) in [5.74, 6) is -0.0850. The number of aromatic nitrogens is 7. The van der Waals surface area contributed by atoms with Gasteiger partial charge in [0, 0.05) is 73.9 Å². The van der Waals surface area contributed by atoms with Gasteiger partial charge < -0.3 is 19.3 Å². The van der Waals surface area contributed by atoms with E-state index in [0.717, 1.165) is 57.0 Å². The monoisotopic (exact) mass is 836 g/mol. The Labute approximate surface area is 354 Å². The average Bonchev–Trinajstić information content (AvgIpc) is 3.64. The summed E-state index contributed by atoms with van der Waals surface area (Å²) in [4.78, 5) is 44.0. The van der Waals surface area contributed by atoms with Crippen molar-refractivity contribution in [2.45, 2.75) is 70.4 Å². The fourth-order valence-electron chi connectivity index (χ4n) is 10.7. The summed E-state index contributed by atoms with van der Waals surface area (Å²) in [5.41, 5.74) is 6.29. The molecule has 1 saturated carbocycles. The van der Waals surface area contributed by atoms with E-state index in [0.29, 0.717) is 73.0 Å². The van der Waals surface area contributed by atoms with E-state index in [4.69, 9.17) is 15.2 Å². The van der Waals surface area contributed by atoms with Crippen molar-refractivity contribution in [2.24, 2.45) is 13.0 Å². The molecular formula is C46H45FN10O5. The molecule has 16 heteroatoms. The minimum absolute atomic E-state index is 0.113. The summed E-state index contributed by atoms with van der Waals surface area (Å²) in [6.07, 6.45) is 6.88. The Kier molecular flexibility index (Phi) is 8.36. The first-order valence-electron chi connectivity index (χ1n) is 21.1. The quantitative estimate of drug-likeness (QED) is 0.126. The third-order valence-corrected chi connectivity index (χ3v) is 13.9. The van der Waals surface area contributed by atoms with Crippen LogP contribution in [0.1, 0.15) is 82.1 Å².